The van der Waals surface area contributed by atoms with E-state index in [9.17, 15) is 17.4 Å². The van der Waals surface area contributed by atoms with E-state index < -0.39 is 31.9 Å². The molecule has 0 radical (unpaired) electrons. The van der Waals surface area contributed by atoms with E-state index >= 15 is 0 Å². The summed E-state index contributed by atoms with van der Waals surface area (Å²) in [6, 6.07) is 8.61. The van der Waals surface area contributed by atoms with E-state index in [1.165, 1.54) is 0 Å². The van der Waals surface area contributed by atoms with Crippen molar-refractivity contribution < 1.29 is 22.2 Å². The standard InChI is InChI=1S/C13H18O5S2/c1-3-18-13(14)12(11-7-5-4-6-8-11)19(15)9-10-20(2,16)17/h4-8,12H,3,9-10H2,1-2H3. The second kappa shape index (κ2) is 7.54. The molecule has 0 saturated heterocycles. The highest BCUT2D eigenvalue weighted by Crippen LogP contribution is 2.22. The molecule has 1 aromatic rings. The molecule has 5 nitrogen and oxygen atoms in total. The zero-order valence-electron chi connectivity index (χ0n) is 11.4. The molecule has 7 heteroatoms. The number of carbonyl (C=O) groups excluding carboxylic acids is 1. The highest BCUT2D eigenvalue weighted by molar-refractivity contribution is 7.92. The van der Waals surface area contributed by atoms with Crippen LogP contribution >= 0.6 is 0 Å². The third kappa shape index (κ3) is 5.42. The molecule has 0 saturated carbocycles. The van der Waals surface area contributed by atoms with Crippen LogP contribution in [0.15, 0.2) is 30.3 Å². The van der Waals surface area contributed by atoms with Crippen LogP contribution in [0.25, 0.3) is 0 Å². The predicted octanol–water partition coefficient (Wildman–Crippen LogP) is 1.08. The molecular weight excluding hydrogens is 300 g/mol. The number of ether oxygens (including phenoxy) is 1. The van der Waals surface area contributed by atoms with Crippen LogP contribution in [0.4, 0.5) is 0 Å². The van der Waals surface area contributed by atoms with Crippen molar-refractivity contribution in [3.8, 4) is 0 Å². The molecule has 0 heterocycles. The van der Waals surface area contributed by atoms with E-state index in [4.69, 9.17) is 4.74 Å². The van der Waals surface area contributed by atoms with Crippen molar-refractivity contribution >= 4 is 26.6 Å². The minimum absolute atomic E-state index is 0.0861. The monoisotopic (exact) mass is 318 g/mol. The summed E-state index contributed by atoms with van der Waals surface area (Å²) in [7, 11) is -4.86. The zero-order chi connectivity index (χ0) is 15.2. The summed E-state index contributed by atoms with van der Waals surface area (Å²) in [5.74, 6) is -0.898. The van der Waals surface area contributed by atoms with Crippen LogP contribution in [-0.2, 0) is 30.2 Å². The second-order valence-corrected chi connectivity index (χ2v) is 8.16. The number of hydrogen-bond acceptors (Lipinski definition) is 5. The molecule has 0 aromatic heterocycles. The fourth-order valence-electron chi connectivity index (χ4n) is 1.59. The van der Waals surface area contributed by atoms with Gasteiger partial charge in [0.2, 0.25) is 0 Å². The molecule has 0 fully saturated rings. The normalized spacial score (nSPS) is 14.5. The van der Waals surface area contributed by atoms with Crippen molar-refractivity contribution in [3.63, 3.8) is 0 Å². The van der Waals surface area contributed by atoms with Gasteiger partial charge in [-0.05, 0) is 12.5 Å². The Balaban J connectivity index is 2.94. The minimum Gasteiger partial charge on any atom is -0.465 e. The number of hydrogen-bond donors (Lipinski definition) is 0. The third-order valence-corrected chi connectivity index (χ3v) is 5.32. The van der Waals surface area contributed by atoms with Gasteiger partial charge in [-0.1, -0.05) is 30.3 Å². The summed E-state index contributed by atoms with van der Waals surface area (Å²) in [5.41, 5.74) is 0.567. The van der Waals surface area contributed by atoms with Gasteiger partial charge in [0.05, 0.1) is 12.4 Å². The first-order chi connectivity index (χ1) is 9.35. The summed E-state index contributed by atoms with van der Waals surface area (Å²) in [4.78, 5) is 11.9. The Bertz CT molecular complexity index is 566. The van der Waals surface area contributed by atoms with Gasteiger partial charge in [0, 0.05) is 22.8 Å². The Morgan fingerprint density at radius 3 is 2.40 bits per heavy atom. The summed E-state index contributed by atoms with van der Waals surface area (Å²) in [6.45, 7) is 1.85. The van der Waals surface area contributed by atoms with Crippen LogP contribution in [0.3, 0.4) is 0 Å². The van der Waals surface area contributed by atoms with Gasteiger partial charge in [0.1, 0.15) is 9.84 Å². The third-order valence-electron chi connectivity index (χ3n) is 2.52. The predicted molar refractivity (Wildman–Crippen MR) is 78.5 cm³/mol. The van der Waals surface area contributed by atoms with Gasteiger partial charge in [-0.25, -0.2) is 8.42 Å². The van der Waals surface area contributed by atoms with E-state index in [0.717, 1.165) is 6.26 Å². The van der Waals surface area contributed by atoms with E-state index in [1.54, 1.807) is 37.3 Å². The zero-order valence-corrected chi connectivity index (χ0v) is 13.1. The maximum Gasteiger partial charge on any atom is 0.326 e. The molecule has 0 N–H and O–H groups in total. The van der Waals surface area contributed by atoms with Gasteiger partial charge in [-0.15, -0.1) is 0 Å². The second-order valence-electron chi connectivity index (χ2n) is 4.26. The highest BCUT2D eigenvalue weighted by Gasteiger charge is 2.28. The summed E-state index contributed by atoms with van der Waals surface area (Å²) >= 11 is 0. The lowest BCUT2D eigenvalue weighted by atomic mass is 10.1. The molecule has 0 aliphatic rings. The number of sulfone groups is 1. The maximum atomic E-state index is 12.3. The van der Waals surface area contributed by atoms with Crippen LogP contribution in [0, 0.1) is 0 Å². The molecule has 1 aromatic carbocycles. The van der Waals surface area contributed by atoms with Crippen LogP contribution in [0.1, 0.15) is 17.7 Å². The molecular formula is C13H18O5S2. The van der Waals surface area contributed by atoms with Gasteiger partial charge in [-0.2, -0.15) is 0 Å². The molecule has 0 aliphatic heterocycles. The summed E-state index contributed by atoms with van der Waals surface area (Å²) in [5, 5.41) is -0.946. The number of esters is 1. The van der Waals surface area contributed by atoms with Crippen LogP contribution in [0.2, 0.25) is 0 Å². The van der Waals surface area contributed by atoms with Gasteiger partial charge < -0.3 is 4.74 Å². The molecule has 2 unspecified atom stereocenters. The van der Waals surface area contributed by atoms with E-state index in [-0.39, 0.29) is 18.1 Å². The summed E-state index contributed by atoms with van der Waals surface area (Å²) in [6.07, 6.45) is 1.08. The van der Waals surface area contributed by atoms with Crippen molar-refractivity contribution in [2.75, 3.05) is 24.4 Å². The fourth-order valence-corrected chi connectivity index (χ4v) is 4.44. The Hall–Kier alpha value is -1.21. The van der Waals surface area contributed by atoms with E-state index in [1.807, 2.05) is 0 Å². The smallest absolute Gasteiger partial charge is 0.326 e. The summed E-state index contributed by atoms with van der Waals surface area (Å²) < 4.78 is 39.5. The first kappa shape index (κ1) is 16.8. The van der Waals surface area contributed by atoms with Crippen LogP contribution in [-0.4, -0.2) is 43.0 Å². The quantitative estimate of drug-likeness (QED) is 0.703. The molecule has 20 heavy (non-hydrogen) atoms. The van der Waals surface area contributed by atoms with Crippen molar-refractivity contribution in [2.45, 2.75) is 12.2 Å². The fraction of sp³-hybridized carbons (Fsp3) is 0.462. The SMILES string of the molecule is CCOC(=O)C(c1ccccc1)S(=O)CCS(C)(=O)=O. The van der Waals surface area contributed by atoms with Crippen LogP contribution in [0.5, 0.6) is 0 Å². The molecule has 112 valence electrons. The molecule has 2 atom stereocenters. The number of rotatable bonds is 7. The maximum absolute atomic E-state index is 12.3. The van der Waals surface area contributed by atoms with Crippen molar-refractivity contribution in [2.24, 2.45) is 0 Å². The van der Waals surface area contributed by atoms with E-state index in [2.05, 4.69) is 0 Å². The lowest BCUT2D eigenvalue weighted by molar-refractivity contribution is -0.142. The average molecular weight is 318 g/mol. The lowest BCUT2D eigenvalue weighted by Crippen LogP contribution is -2.24. The molecule has 0 spiro atoms. The Labute approximate surface area is 121 Å². The van der Waals surface area contributed by atoms with E-state index in [0.29, 0.717) is 5.56 Å². The lowest BCUT2D eigenvalue weighted by Gasteiger charge is -2.15. The van der Waals surface area contributed by atoms with Gasteiger partial charge in [-0.3, -0.25) is 9.00 Å². The minimum atomic E-state index is -3.22. The molecule has 0 aliphatic carbocycles. The van der Waals surface area contributed by atoms with Gasteiger partial charge in [0.15, 0.2) is 5.25 Å². The number of carbonyl (C=O) groups is 1. The topological polar surface area (TPSA) is 77.5 Å². The number of benzene rings is 1. The Morgan fingerprint density at radius 2 is 1.90 bits per heavy atom. The Morgan fingerprint density at radius 1 is 1.30 bits per heavy atom. The van der Waals surface area contributed by atoms with Gasteiger partial charge >= 0.3 is 5.97 Å². The van der Waals surface area contributed by atoms with Crippen molar-refractivity contribution in [3.05, 3.63) is 35.9 Å². The highest BCUT2D eigenvalue weighted by atomic mass is 32.2. The van der Waals surface area contributed by atoms with Crippen LogP contribution < -0.4 is 0 Å². The van der Waals surface area contributed by atoms with Crippen molar-refractivity contribution in [1.82, 2.24) is 0 Å². The first-order valence-corrected chi connectivity index (χ1v) is 9.56. The first-order valence-electron chi connectivity index (χ1n) is 6.11. The Kier molecular flexibility index (Phi) is 6.35. The molecule has 0 amide bonds. The molecule has 1 rings (SSSR count). The average Bonchev–Trinajstić information content (AvgIpc) is 2.37. The van der Waals surface area contributed by atoms with Gasteiger partial charge in [0.25, 0.3) is 0 Å². The van der Waals surface area contributed by atoms with Crippen molar-refractivity contribution in [1.29, 1.82) is 0 Å². The largest absolute Gasteiger partial charge is 0.465 e. The molecule has 0 bridgehead atoms.